The second-order valence-corrected chi connectivity index (χ2v) is 5.00. The Hall–Kier alpha value is -1.07. The quantitative estimate of drug-likeness (QED) is 0.794. The molecular formula is C12H14FNO2S. The average molecular weight is 255 g/mol. The molecule has 17 heavy (non-hydrogen) atoms. The second-order valence-electron chi connectivity index (χ2n) is 4.48. The number of carbonyl (C=O) groups is 1. The Kier molecular flexibility index (Phi) is 3.40. The van der Waals surface area contributed by atoms with Crippen molar-refractivity contribution in [2.75, 3.05) is 13.2 Å². The molecule has 1 aromatic rings. The molecule has 92 valence electrons. The summed E-state index contributed by atoms with van der Waals surface area (Å²) in [4.78, 5) is 12.5. The van der Waals surface area contributed by atoms with Gasteiger partial charge in [0, 0.05) is 11.5 Å². The van der Waals surface area contributed by atoms with E-state index in [1.54, 1.807) is 0 Å². The third-order valence-corrected chi connectivity index (χ3v) is 3.11. The van der Waals surface area contributed by atoms with Crippen LogP contribution in [0, 0.1) is 5.82 Å². The van der Waals surface area contributed by atoms with Crippen molar-refractivity contribution in [2.24, 2.45) is 0 Å². The molecule has 1 heterocycles. The van der Waals surface area contributed by atoms with Crippen LogP contribution in [0.2, 0.25) is 0 Å². The van der Waals surface area contributed by atoms with Crippen molar-refractivity contribution in [2.45, 2.75) is 23.8 Å². The van der Waals surface area contributed by atoms with Crippen LogP contribution in [-0.4, -0.2) is 24.7 Å². The maximum Gasteiger partial charge on any atom is 0.254 e. The SMILES string of the molecule is CC1(NC(=O)c2cc(S)ccc2F)CCOC1. The van der Waals surface area contributed by atoms with E-state index in [1.165, 1.54) is 18.2 Å². The first-order valence-electron chi connectivity index (χ1n) is 5.39. The highest BCUT2D eigenvalue weighted by molar-refractivity contribution is 7.80. The van der Waals surface area contributed by atoms with E-state index in [0.717, 1.165) is 6.42 Å². The van der Waals surface area contributed by atoms with Gasteiger partial charge in [-0.15, -0.1) is 12.6 Å². The summed E-state index contributed by atoms with van der Waals surface area (Å²) in [5.41, 5.74) is -0.388. The molecule has 2 rings (SSSR count). The maximum absolute atomic E-state index is 13.5. The lowest BCUT2D eigenvalue weighted by Crippen LogP contribution is -2.46. The van der Waals surface area contributed by atoms with Gasteiger partial charge in [-0.1, -0.05) is 0 Å². The van der Waals surface area contributed by atoms with Crippen LogP contribution in [0.3, 0.4) is 0 Å². The Morgan fingerprint density at radius 2 is 2.35 bits per heavy atom. The number of hydrogen-bond donors (Lipinski definition) is 2. The number of rotatable bonds is 2. The molecule has 0 aromatic heterocycles. The van der Waals surface area contributed by atoms with Crippen LogP contribution in [0.25, 0.3) is 0 Å². The van der Waals surface area contributed by atoms with Gasteiger partial charge in [-0.05, 0) is 31.5 Å². The van der Waals surface area contributed by atoms with Crippen molar-refractivity contribution in [3.8, 4) is 0 Å². The molecule has 1 unspecified atom stereocenters. The molecule has 0 saturated carbocycles. The highest BCUT2D eigenvalue weighted by Gasteiger charge is 2.32. The van der Waals surface area contributed by atoms with Crippen LogP contribution in [0.1, 0.15) is 23.7 Å². The molecule has 1 aliphatic rings. The minimum atomic E-state index is -0.539. The van der Waals surface area contributed by atoms with E-state index in [4.69, 9.17) is 4.74 Å². The fraction of sp³-hybridized carbons (Fsp3) is 0.417. The minimum Gasteiger partial charge on any atom is -0.379 e. The normalized spacial score (nSPS) is 23.7. The Labute approximate surface area is 105 Å². The lowest BCUT2D eigenvalue weighted by atomic mass is 10.0. The van der Waals surface area contributed by atoms with Crippen LogP contribution < -0.4 is 5.32 Å². The minimum absolute atomic E-state index is 0.0191. The zero-order chi connectivity index (χ0) is 12.5. The Bertz CT molecular complexity index is 444. The van der Waals surface area contributed by atoms with Crippen molar-refractivity contribution in [3.05, 3.63) is 29.6 Å². The Morgan fingerprint density at radius 1 is 1.59 bits per heavy atom. The van der Waals surface area contributed by atoms with Gasteiger partial charge in [0.15, 0.2) is 0 Å². The molecule has 1 saturated heterocycles. The zero-order valence-electron chi connectivity index (χ0n) is 9.50. The number of hydrogen-bond acceptors (Lipinski definition) is 3. The molecule has 0 radical (unpaired) electrons. The zero-order valence-corrected chi connectivity index (χ0v) is 10.4. The number of halogens is 1. The summed E-state index contributed by atoms with van der Waals surface area (Å²) in [7, 11) is 0. The van der Waals surface area contributed by atoms with E-state index in [2.05, 4.69) is 17.9 Å². The standard InChI is InChI=1S/C12H14FNO2S/c1-12(4-5-16-7-12)14-11(15)9-6-8(17)2-3-10(9)13/h2-3,6,17H,4-5,7H2,1H3,(H,14,15). The van der Waals surface area contributed by atoms with Crippen molar-refractivity contribution >= 4 is 18.5 Å². The smallest absolute Gasteiger partial charge is 0.254 e. The number of thiol groups is 1. The van der Waals surface area contributed by atoms with Gasteiger partial charge < -0.3 is 10.1 Å². The molecule has 0 spiro atoms. The first-order valence-corrected chi connectivity index (χ1v) is 5.84. The van der Waals surface area contributed by atoms with Gasteiger partial charge in [-0.3, -0.25) is 4.79 Å². The summed E-state index contributed by atoms with van der Waals surface area (Å²) in [6.45, 7) is 2.97. The summed E-state index contributed by atoms with van der Waals surface area (Å²) in [6, 6.07) is 4.17. The number of benzene rings is 1. The van der Waals surface area contributed by atoms with Crippen molar-refractivity contribution in [3.63, 3.8) is 0 Å². The predicted molar refractivity (Wildman–Crippen MR) is 65.0 cm³/mol. The molecule has 1 atom stereocenters. The molecule has 0 aliphatic carbocycles. The summed E-state index contributed by atoms with van der Waals surface area (Å²) in [6.07, 6.45) is 0.737. The molecule has 1 fully saturated rings. The molecule has 1 aromatic carbocycles. The van der Waals surface area contributed by atoms with E-state index in [-0.39, 0.29) is 5.56 Å². The molecular weight excluding hydrogens is 241 g/mol. The second kappa shape index (κ2) is 4.66. The van der Waals surface area contributed by atoms with Gasteiger partial charge in [-0.25, -0.2) is 4.39 Å². The highest BCUT2D eigenvalue weighted by atomic mass is 32.1. The number of nitrogens with one attached hydrogen (secondary N) is 1. The third-order valence-electron chi connectivity index (χ3n) is 2.83. The van der Waals surface area contributed by atoms with Gasteiger partial charge in [0.1, 0.15) is 5.82 Å². The van der Waals surface area contributed by atoms with Gasteiger partial charge in [0.25, 0.3) is 5.91 Å². The number of amides is 1. The van der Waals surface area contributed by atoms with Crippen molar-refractivity contribution < 1.29 is 13.9 Å². The number of carbonyl (C=O) groups excluding carboxylic acids is 1. The third kappa shape index (κ3) is 2.79. The number of ether oxygens (including phenoxy) is 1. The van der Waals surface area contributed by atoms with Gasteiger partial charge in [0.05, 0.1) is 17.7 Å². The predicted octanol–water partition coefficient (Wildman–Crippen LogP) is 2.02. The van der Waals surface area contributed by atoms with E-state index >= 15 is 0 Å². The Balaban J connectivity index is 2.17. The van der Waals surface area contributed by atoms with Gasteiger partial charge in [0.2, 0.25) is 0 Å². The van der Waals surface area contributed by atoms with Crippen LogP contribution in [0.5, 0.6) is 0 Å². The fourth-order valence-electron chi connectivity index (χ4n) is 1.79. The molecule has 1 aliphatic heterocycles. The van der Waals surface area contributed by atoms with Crippen LogP contribution >= 0.6 is 12.6 Å². The van der Waals surface area contributed by atoms with Crippen LogP contribution in [0.15, 0.2) is 23.1 Å². The van der Waals surface area contributed by atoms with Crippen LogP contribution in [0.4, 0.5) is 4.39 Å². The topological polar surface area (TPSA) is 38.3 Å². The van der Waals surface area contributed by atoms with E-state index < -0.39 is 17.3 Å². The van der Waals surface area contributed by atoms with Gasteiger partial charge in [-0.2, -0.15) is 0 Å². The first-order chi connectivity index (χ1) is 8.00. The molecule has 1 amide bonds. The van der Waals surface area contributed by atoms with E-state index in [1.807, 2.05) is 6.92 Å². The summed E-state index contributed by atoms with van der Waals surface area (Å²) < 4.78 is 18.7. The molecule has 0 bridgehead atoms. The summed E-state index contributed by atoms with van der Waals surface area (Å²) in [5, 5.41) is 2.80. The summed E-state index contributed by atoms with van der Waals surface area (Å²) in [5.74, 6) is -0.964. The molecule has 3 nitrogen and oxygen atoms in total. The first kappa shape index (κ1) is 12.4. The molecule has 5 heteroatoms. The van der Waals surface area contributed by atoms with E-state index in [9.17, 15) is 9.18 Å². The molecule has 1 N–H and O–H groups in total. The fourth-order valence-corrected chi connectivity index (χ4v) is 2.00. The van der Waals surface area contributed by atoms with E-state index in [0.29, 0.717) is 18.1 Å². The monoisotopic (exact) mass is 255 g/mol. The largest absolute Gasteiger partial charge is 0.379 e. The van der Waals surface area contributed by atoms with Crippen molar-refractivity contribution in [1.82, 2.24) is 5.32 Å². The van der Waals surface area contributed by atoms with Crippen molar-refractivity contribution in [1.29, 1.82) is 0 Å². The maximum atomic E-state index is 13.5. The highest BCUT2D eigenvalue weighted by Crippen LogP contribution is 2.20. The lowest BCUT2D eigenvalue weighted by molar-refractivity contribution is 0.0885. The lowest BCUT2D eigenvalue weighted by Gasteiger charge is -2.23. The van der Waals surface area contributed by atoms with Gasteiger partial charge >= 0.3 is 0 Å². The van der Waals surface area contributed by atoms with Crippen LogP contribution in [-0.2, 0) is 4.74 Å². The average Bonchev–Trinajstić information content (AvgIpc) is 2.68. The Morgan fingerprint density at radius 3 is 3.00 bits per heavy atom. The summed E-state index contributed by atoms with van der Waals surface area (Å²) >= 11 is 4.09.